The molecule has 4 rings (SSSR count). The lowest BCUT2D eigenvalue weighted by atomic mass is 10.1. The molecule has 0 unspecified atom stereocenters. The van der Waals surface area contributed by atoms with Gasteiger partial charge in [0.2, 0.25) is 0 Å². The average Bonchev–Trinajstić information content (AvgIpc) is 2.69. The molecule has 1 amide bonds. The van der Waals surface area contributed by atoms with Crippen molar-refractivity contribution in [2.45, 2.75) is 26.2 Å². The molecule has 3 aromatic rings. The first-order valence-corrected chi connectivity index (χ1v) is 9.37. The maximum absolute atomic E-state index is 12.8. The highest BCUT2D eigenvalue weighted by Gasteiger charge is 2.18. The summed E-state index contributed by atoms with van der Waals surface area (Å²) in [5.74, 6) is -0.0824. The molecule has 138 valence electrons. The number of benzene rings is 2. The number of amides is 1. The highest BCUT2D eigenvalue weighted by atomic mass is 16.3. The first-order chi connectivity index (χ1) is 13.1. The molecular weight excluding hydrogens is 338 g/mol. The van der Waals surface area contributed by atoms with E-state index in [1.807, 2.05) is 18.2 Å². The summed E-state index contributed by atoms with van der Waals surface area (Å²) in [5.41, 5.74) is 4.13. The molecule has 5 heteroatoms. The van der Waals surface area contributed by atoms with Crippen LogP contribution >= 0.6 is 0 Å². The van der Waals surface area contributed by atoms with Gasteiger partial charge in [-0.05, 0) is 68.7 Å². The molecule has 2 aromatic carbocycles. The van der Waals surface area contributed by atoms with E-state index in [0.29, 0.717) is 11.4 Å². The number of hydrogen-bond acceptors (Lipinski definition) is 4. The molecular formula is C22H23N3O2. The summed E-state index contributed by atoms with van der Waals surface area (Å²) in [7, 11) is 0. The van der Waals surface area contributed by atoms with Gasteiger partial charge in [-0.3, -0.25) is 4.79 Å². The maximum atomic E-state index is 12.8. The number of hydrogen-bond donors (Lipinski definition) is 2. The van der Waals surface area contributed by atoms with Crippen LogP contribution in [0.25, 0.3) is 10.9 Å². The van der Waals surface area contributed by atoms with Gasteiger partial charge in [-0.15, -0.1) is 0 Å². The summed E-state index contributed by atoms with van der Waals surface area (Å²) in [5, 5.41) is 13.4. The molecule has 2 N–H and O–H groups in total. The Labute approximate surface area is 158 Å². The minimum Gasteiger partial charge on any atom is -0.508 e. The van der Waals surface area contributed by atoms with E-state index in [1.165, 1.54) is 24.8 Å². The fourth-order valence-electron chi connectivity index (χ4n) is 3.57. The number of piperidine rings is 1. The van der Waals surface area contributed by atoms with Crippen molar-refractivity contribution in [2.75, 3.05) is 23.3 Å². The quantitative estimate of drug-likeness (QED) is 0.675. The van der Waals surface area contributed by atoms with E-state index in [-0.39, 0.29) is 11.7 Å². The van der Waals surface area contributed by atoms with E-state index in [4.69, 9.17) is 0 Å². The predicted octanol–water partition coefficient (Wildman–Crippen LogP) is 4.49. The maximum Gasteiger partial charge on any atom is 0.274 e. The van der Waals surface area contributed by atoms with Crippen LogP contribution in [-0.4, -0.2) is 29.1 Å². The van der Waals surface area contributed by atoms with Crippen LogP contribution in [0.4, 0.5) is 11.4 Å². The summed E-state index contributed by atoms with van der Waals surface area (Å²) >= 11 is 0. The van der Waals surface area contributed by atoms with Gasteiger partial charge in [-0.1, -0.05) is 11.6 Å². The lowest BCUT2D eigenvalue weighted by Gasteiger charge is -2.30. The number of rotatable bonds is 3. The Morgan fingerprint density at radius 2 is 1.78 bits per heavy atom. The number of pyridine rings is 1. The van der Waals surface area contributed by atoms with Crippen molar-refractivity contribution in [3.63, 3.8) is 0 Å². The molecule has 1 saturated heterocycles. The van der Waals surface area contributed by atoms with Crippen molar-refractivity contribution < 1.29 is 9.90 Å². The number of nitrogens with zero attached hydrogens (tertiary/aromatic N) is 2. The molecule has 1 fully saturated rings. The number of aryl methyl sites for hydroxylation is 1. The number of fused-ring (bicyclic) bond motifs is 1. The summed E-state index contributed by atoms with van der Waals surface area (Å²) in [6.07, 6.45) is 3.60. The van der Waals surface area contributed by atoms with Gasteiger partial charge in [0.15, 0.2) is 0 Å². The first-order valence-electron chi connectivity index (χ1n) is 9.37. The Morgan fingerprint density at radius 3 is 2.52 bits per heavy atom. The van der Waals surface area contributed by atoms with Gasteiger partial charge in [0.25, 0.3) is 5.91 Å². The van der Waals surface area contributed by atoms with Gasteiger partial charge in [0.1, 0.15) is 11.4 Å². The molecule has 0 bridgehead atoms. The molecule has 0 saturated carbocycles. The Morgan fingerprint density at radius 1 is 1.04 bits per heavy atom. The number of phenols is 1. The highest BCUT2D eigenvalue weighted by Crippen LogP contribution is 2.30. The van der Waals surface area contributed by atoms with E-state index >= 15 is 0 Å². The minimum absolute atomic E-state index is 0.166. The first kappa shape index (κ1) is 17.3. The van der Waals surface area contributed by atoms with Crippen molar-refractivity contribution in [3.8, 4) is 5.75 Å². The molecule has 1 aromatic heterocycles. The van der Waals surface area contributed by atoms with Crippen molar-refractivity contribution in [2.24, 2.45) is 0 Å². The minimum atomic E-state index is -0.249. The van der Waals surface area contributed by atoms with Crippen LogP contribution in [0, 0.1) is 6.92 Å². The van der Waals surface area contributed by atoms with Gasteiger partial charge in [0.05, 0.1) is 5.52 Å². The summed E-state index contributed by atoms with van der Waals surface area (Å²) in [6, 6.07) is 14.5. The van der Waals surface area contributed by atoms with E-state index < -0.39 is 0 Å². The SMILES string of the molecule is Cc1ccc2nc(C(=O)Nc3ccc(O)cc3)cc(N3CCCCC3)c2c1. The lowest BCUT2D eigenvalue weighted by Crippen LogP contribution is -2.30. The number of anilines is 2. The van der Waals surface area contributed by atoms with E-state index in [0.717, 1.165) is 29.7 Å². The summed E-state index contributed by atoms with van der Waals surface area (Å²) < 4.78 is 0. The zero-order valence-corrected chi connectivity index (χ0v) is 15.4. The van der Waals surface area contributed by atoms with Crippen molar-refractivity contribution in [3.05, 3.63) is 59.8 Å². The van der Waals surface area contributed by atoms with Crippen LogP contribution in [0.5, 0.6) is 5.75 Å². The van der Waals surface area contributed by atoms with Crippen LogP contribution < -0.4 is 10.2 Å². The van der Waals surface area contributed by atoms with Gasteiger partial charge >= 0.3 is 0 Å². The van der Waals surface area contributed by atoms with E-state index in [2.05, 4.69) is 28.2 Å². The Bertz CT molecular complexity index is 977. The number of aromatic hydroxyl groups is 1. The summed E-state index contributed by atoms with van der Waals surface area (Å²) in [4.78, 5) is 19.8. The second kappa shape index (κ2) is 7.27. The normalized spacial score (nSPS) is 14.3. The summed E-state index contributed by atoms with van der Waals surface area (Å²) in [6.45, 7) is 4.09. The Balaban J connectivity index is 1.73. The second-order valence-electron chi connectivity index (χ2n) is 7.10. The topological polar surface area (TPSA) is 65.5 Å². The molecule has 1 aliphatic rings. The van der Waals surface area contributed by atoms with Crippen molar-refractivity contribution in [1.29, 1.82) is 0 Å². The standard InChI is InChI=1S/C22H23N3O2/c1-15-5-10-19-18(13-15)21(25-11-3-2-4-12-25)14-20(24-19)22(27)23-16-6-8-17(26)9-7-16/h5-10,13-14,26H,2-4,11-12H2,1H3,(H,23,27). The largest absolute Gasteiger partial charge is 0.508 e. The number of carbonyl (C=O) groups is 1. The van der Waals surface area contributed by atoms with Gasteiger partial charge in [-0.25, -0.2) is 4.98 Å². The molecule has 0 atom stereocenters. The third-order valence-corrected chi connectivity index (χ3v) is 5.00. The fourth-order valence-corrected chi connectivity index (χ4v) is 3.57. The Hall–Kier alpha value is -3.08. The van der Waals surface area contributed by atoms with Crippen LogP contribution in [0.3, 0.4) is 0 Å². The molecule has 5 nitrogen and oxygen atoms in total. The van der Waals surface area contributed by atoms with Gasteiger partial charge in [-0.2, -0.15) is 0 Å². The monoisotopic (exact) mass is 361 g/mol. The molecule has 1 aliphatic heterocycles. The zero-order valence-electron chi connectivity index (χ0n) is 15.4. The molecule has 0 aliphatic carbocycles. The van der Waals surface area contributed by atoms with Crippen LogP contribution in [-0.2, 0) is 0 Å². The third-order valence-electron chi connectivity index (χ3n) is 5.00. The van der Waals surface area contributed by atoms with Crippen LogP contribution in [0.2, 0.25) is 0 Å². The third kappa shape index (κ3) is 3.72. The smallest absolute Gasteiger partial charge is 0.274 e. The fraction of sp³-hybridized carbons (Fsp3) is 0.273. The van der Waals surface area contributed by atoms with Crippen LogP contribution in [0.15, 0.2) is 48.5 Å². The number of aromatic nitrogens is 1. The van der Waals surface area contributed by atoms with Gasteiger partial charge in [0, 0.05) is 29.9 Å². The van der Waals surface area contributed by atoms with E-state index in [1.54, 1.807) is 24.3 Å². The average molecular weight is 361 g/mol. The van der Waals surface area contributed by atoms with Crippen molar-refractivity contribution in [1.82, 2.24) is 4.98 Å². The molecule has 2 heterocycles. The molecule has 0 radical (unpaired) electrons. The zero-order chi connectivity index (χ0) is 18.8. The van der Waals surface area contributed by atoms with Gasteiger partial charge < -0.3 is 15.3 Å². The number of carbonyl (C=O) groups excluding carboxylic acids is 1. The number of nitrogens with one attached hydrogen (secondary N) is 1. The van der Waals surface area contributed by atoms with Crippen molar-refractivity contribution >= 4 is 28.2 Å². The lowest BCUT2D eigenvalue weighted by molar-refractivity contribution is 0.102. The molecule has 0 spiro atoms. The molecule has 27 heavy (non-hydrogen) atoms. The Kier molecular flexibility index (Phi) is 4.67. The highest BCUT2D eigenvalue weighted by molar-refractivity contribution is 6.06. The second-order valence-corrected chi connectivity index (χ2v) is 7.10. The number of phenolic OH excluding ortho intramolecular Hbond substituents is 1. The van der Waals surface area contributed by atoms with Crippen LogP contribution in [0.1, 0.15) is 35.3 Å². The van der Waals surface area contributed by atoms with E-state index in [9.17, 15) is 9.90 Å². The predicted molar refractivity (Wildman–Crippen MR) is 109 cm³/mol.